The van der Waals surface area contributed by atoms with Crippen molar-refractivity contribution in [2.45, 2.75) is 11.8 Å². The summed E-state index contributed by atoms with van der Waals surface area (Å²) in [7, 11) is 0. The molecule has 0 amide bonds. The first-order chi connectivity index (χ1) is 8.58. The summed E-state index contributed by atoms with van der Waals surface area (Å²) < 4.78 is 5.17. The summed E-state index contributed by atoms with van der Waals surface area (Å²) in [6.45, 7) is 1.87. The average Bonchev–Trinajstić information content (AvgIpc) is 2.75. The Morgan fingerprint density at radius 3 is 2.67 bits per heavy atom. The number of hydrogen-bond donors (Lipinski definition) is 0. The van der Waals surface area contributed by atoms with Crippen LogP contribution < -0.4 is 0 Å². The monoisotopic (exact) mass is 300 g/mol. The summed E-state index contributed by atoms with van der Waals surface area (Å²) in [4.78, 5) is 12.9. The van der Waals surface area contributed by atoms with Gasteiger partial charge in [0.2, 0.25) is 0 Å². The van der Waals surface area contributed by atoms with Crippen molar-refractivity contribution in [2.75, 3.05) is 5.75 Å². The Bertz CT molecular complexity index is 578. The minimum absolute atomic E-state index is 0.0131. The van der Waals surface area contributed by atoms with Gasteiger partial charge in [0.1, 0.15) is 5.76 Å². The Morgan fingerprint density at radius 1 is 1.28 bits per heavy atom. The molecular formula is C13H10Cl2O2S. The number of thioether (sulfide) groups is 1. The van der Waals surface area contributed by atoms with Crippen molar-refractivity contribution in [3.05, 3.63) is 51.9 Å². The molecule has 5 heteroatoms. The van der Waals surface area contributed by atoms with E-state index in [9.17, 15) is 4.79 Å². The van der Waals surface area contributed by atoms with Crippen LogP contribution >= 0.6 is 35.0 Å². The molecule has 0 bridgehead atoms. The van der Waals surface area contributed by atoms with Gasteiger partial charge in [-0.2, -0.15) is 0 Å². The maximum Gasteiger partial charge on any atom is 0.173 e. The lowest BCUT2D eigenvalue weighted by Gasteiger charge is -2.02. The van der Waals surface area contributed by atoms with Crippen molar-refractivity contribution in [1.29, 1.82) is 0 Å². The molecule has 0 aliphatic carbocycles. The van der Waals surface area contributed by atoms with Crippen LogP contribution in [0.4, 0.5) is 0 Å². The molecule has 94 valence electrons. The molecule has 1 heterocycles. The third kappa shape index (κ3) is 3.10. The molecule has 0 radical (unpaired) electrons. The van der Waals surface area contributed by atoms with Gasteiger partial charge in [-0.05, 0) is 31.2 Å². The first-order valence-electron chi connectivity index (χ1n) is 5.23. The van der Waals surface area contributed by atoms with E-state index < -0.39 is 0 Å². The van der Waals surface area contributed by atoms with Crippen LogP contribution in [-0.4, -0.2) is 11.5 Å². The number of Topliss-reactive ketones (excluding diaryl/α,β-unsaturated/α-hetero) is 1. The zero-order valence-electron chi connectivity index (χ0n) is 9.57. The second kappa shape index (κ2) is 5.83. The fraction of sp³-hybridized carbons (Fsp3) is 0.154. The van der Waals surface area contributed by atoms with Gasteiger partial charge < -0.3 is 4.42 Å². The fourth-order valence-corrected chi connectivity index (χ4v) is 2.57. The zero-order valence-corrected chi connectivity index (χ0v) is 11.9. The molecule has 0 aliphatic rings. The Morgan fingerprint density at radius 2 is 2.06 bits per heavy atom. The second-order valence-corrected chi connectivity index (χ2v) is 5.51. The molecule has 0 unspecified atom stereocenters. The molecule has 18 heavy (non-hydrogen) atoms. The van der Waals surface area contributed by atoms with E-state index in [-0.39, 0.29) is 5.78 Å². The molecule has 0 aliphatic heterocycles. The van der Waals surface area contributed by atoms with E-state index in [4.69, 9.17) is 27.6 Å². The highest BCUT2D eigenvalue weighted by Crippen LogP contribution is 2.26. The van der Waals surface area contributed by atoms with Crippen LogP contribution in [0.3, 0.4) is 0 Å². The summed E-state index contributed by atoms with van der Waals surface area (Å²) in [5, 5.41) is 0.846. The van der Waals surface area contributed by atoms with E-state index in [1.165, 1.54) is 11.8 Å². The molecule has 2 aromatic rings. The van der Waals surface area contributed by atoms with Crippen molar-refractivity contribution >= 4 is 40.7 Å². The summed E-state index contributed by atoms with van der Waals surface area (Å²) >= 11 is 13.1. The van der Waals surface area contributed by atoms with Gasteiger partial charge in [-0.3, -0.25) is 4.79 Å². The number of ketones is 1. The van der Waals surface area contributed by atoms with E-state index in [0.29, 0.717) is 21.4 Å². The lowest BCUT2D eigenvalue weighted by atomic mass is 10.1. The molecule has 0 spiro atoms. The first-order valence-corrected chi connectivity index (χ1v) is 6.97. The second-order valence-electron chi connectivity index (χ2n) is 3.68. The third-order valence-corrected chi connectivity index (χ3v) is 4.29. The van der Waals surface area contributed by atoms with Crippen molar-refractivity contribution in [2.24, 2.45) is 0 Å². The number of rotatable bonds is 4. The van der Waals surface area contributed by atoms with Crippen LogP contribution in [0.2, 0.25) is 10.0 Å². The van der Waals surface area contributed by atoms with Crippen LogP contribution in [0.5, 0.6) is 0 Å². The molecule has 0 N–H and O–H groups in total. The lowest BCUT2D eigenvalue weighted by molar-refractivity contribution is 0.102. The maximum absolute atomic E-state index is 12.0. The van der Waals surface area contributed by atoms with Crippen LogP contribution in [0.1, 0.15) is 16.1 Å². The number of halogens is 2. The highest BCUT2D eigenvalue weighted by Gasteiger charge is 2.10. The standard InChI is InChI=1S/C13H10Cl2O2S/c1-8-13(4-5-17-8)18-7-12(16)9-2-3-10(14)11(15)6-9/h2-6H,7H2,1H3. The van der Waals surface area contributed by atoms with Crippen LogP contribution in [0.25, 0.3) is 0 Å². The summed E-state index contributed by atoms with van der Waals surface area (Å²) in [6.07, 6.45) is 1.61. The molecule has 2 rings (SSSR count). The Labute approximate surface area is 119 Å². The molecule has 1 aromatic heterocycles. The quantitative estimate of drug-likeness (QED) is 0.596. The molecule has 0 saturated heterocycles. The summed E-state index contributed by atoms with van der Waals surface area (Å²) in [6, 6.07) is 6.75. The highest BCUT2D eigenvalue weighted by atomic mass is 35.5. The van der Waals surface area contributed by atoms with Crippen LogP contribution in [0.15, 0.2) is 39.8 Å². The minimum atomic E-state index is 0.0131. The average molecular weight is 301 g/mol. The van der Waals surface area contributed by atoms with Gasteiger partial charge in [-0.25, -0.2) is 0 Å². The fourth-order valence-electron chi connectivity index (χ4n) is 1.42. The largest absolute Gasteiger partial charge is 0.468 e. The number of furan rings is 1. The molecular weight excluding hydrogens is 291 g/mol. The van der Waals surface area contributed by atoms with Gasteiger partial charge in [0.05, 0.1) is 22.1 Å². The van der Waals surface area contributed by atoms with Gasteiger partial charge in [-0.15, -0.1) is 11.8 Å². The predicted molar refractivity (Wildman–Crippen MR) is 75.0 cm³/mol. The molecule has 2 nitrogen and oxygen atoms in total. The molecule has 1 aromatic carbocycles. The summed E-state index contributed by atoms with van der Waals surface area (Å²) in [5.74, 6) is 1.18. The van der Waals surface area contributed by atoms with Crippen molar-refractivity contribution in [3.8, 4) is 0 Å². The summed E-state index contributed by atoms with van der Waals surface area (Å²) in [5.41, 5.74) is 0.568. The maximum atomic E-state index is 12.0. The van der Waals surface area contributed by atoms with Gasteiger partial charge in [0.15, 0.2) is 5.78 Å². The van der Waals surface area contributed by atoms with Gasteiger partial charge in [-0.1, -0.05) is 23.2 Å². The van der Waals surface area contributed by atoms with E-state index in [0.717, 1.165) is 10.7 Å². The highest BCUT2D eigenvalue weighted by molar-refractivity contribution is 8.00. The number of hydrogen-bond acceptors (Lipinski definition) is 3. The Kier molecular flexibility index (Phi) is 4.38. The normalized spacial score (nSPS) is 10.6. The van der Waals surface area contributed by atoms with Gasteiger partial charge >= 0.3 is 0 Å². The number of aryl methyl sites for hydroxylation is 1. The minimum Gasteiger partial charge on any atom is -0.468 e. The van der Waals surface area contributed by atoms with E-state index in [2.05, 4.69) is 0 Å². The third-order valence-electron chi connectivity index (χ3n) is 2.41. The molecule has 0 atom stereocenters. The van der Waals surface area contributed by atoms with Crippen molar-refractivity contribution in [3.63, 3.8) is 0 Å². The van der Waals surface area contributed by atoms with E-state index in [1.54, 1.807) is 24.5 Å². The number of carbonyl (C=O) groups is 1. The topological polar surface area (TPSA) is 30.2 Å². The lowest BCUT2D eigenvalue weighted by Crippen LogP contribution is -2.02. The number of carbonyl (C=O) groups excluding carboxylic acids is 1. The molecule has 0 fully saturated rings. The van der Waals surface area contributed by atoms with Gasteiger partial charge in [0, 0.05) is 10.5 Å². The van der Waals surface area contributed by atoms with Crippen molar-refractivity contribution < 1.29 is 9.21 Å². The molecule has 0 saturated carbocycles. The van der Waals surface area contributed by atoms with E-state index in [1.807, 2.05) is 13.0 Å². The Balaban J connectivity index is 2.04. The van der Waals surface area contributed by atoms with Crippen LogP contribution in [-0.2, 0) is 0 Å². The smallest absolute Gasteiger partial charge is 0.173 e. The first kappa shape index (κ1) is 13.5. The van der Waals surface area contributed by atoms with Crippen molar-refractivity contribution in [1.82, 2.24) is 0 Å². The SMILES string of the molecule is Cc1occc1SCC(=O)c1ccc(Cl)c(Cl)c1. The van der Waals surface area contributed by atoms with Gasteiger partial charge in [0.25, 0.3) is 0 Å². The zero-order chi connectivity index (χ0) is 13.1. The van der Waals surface area contributed by atoms with Crippen LogP contribution in [0, 0.1) is 6.92 Å². The Hall–Kier alpha value is -0.900. The number of benzene rings is 1. The predicted octanol–water partition coefficient (Wildman–Crippen LogP) is 4.87. The van der Waals surface area contributed by atoms with E-state index >= 15 is 0 Å².